The standard InChI is InChI=1S/C15H14N4O/c1-11-7-8-13-16-15(18-19(13)10-11)17-14(20)9-12-5-3-2-4-6-12/h2-8,10H,9H2,1H3,(H,17,18,20). The van der Waals surface area contributed by atoms with E-state index in [0.717, 1.165) is 11.1 Å². The molecule has 5 heteroatoms. The van der Waals surface area contributed by atoms with Gasteiger partial charge in [-0.3, -0.25) is 10.1 Å². The van der Waals surface area contributed by atoms with E-state index in [1.807, 2.05) is 55.6 Å². The highest BCUT2D eigenvalue weighted by Gasteiger charge is 2.08. The van der Waals surface area contributed by atoms with Crippen LogP contribution in [0.25, 0.3) is 5.65 Å². The van der Waals surface area contributed by atoms with Gasteiger partial charge in [0.1, 0.15) is 0 Å². The van der Waals surface area contributed by atoms with Gasteiger partial charge in [0.05, 0.1) is 6.42 Å². The molecule has 0 saturated carbocycles. The third-order valence-electron chi connectivity index (χ3n) is 2.94. The molecule has 3 rings (SSSR count). The normalized spacial score (nSPS) is 10.7. The van der Waals surface area contributed by atoms with Crippen LogP contribution in [0.3, 0.4) is 0 Å². The van der Waals surface area contributed by atoms with Crippen LogP contribution in [0.2, 0.25) is 0 Å². The molecule has 0 aliphatic heterocycles. The Bertz CT molecular complexity index is 749. The molecular weight excluding hydrogens is 252 g/mol. The van der Waals surface area contributed by atoms with Gasteiger partial charge in [-0.2, -0.15) is 4.98 Å². The number of carbonyl (C=O) groups excluding carboxylic acids is 1. The number of anilines is 1. The zero-order valence-electron chi connectivity index (χ0n) is 11.1. The predicted molar refractivity (Wildman–Crippen MR) is 76.5 cm³/mol. The largest absolute Gasteiger partial charge is 0.293 e. The van der Waals surface area contributed by atoms with E-state index >= 15 is 0 Å². The van der Waals surface area contributed by atoms with E-state index < -0.39 is 0 Å². The third-order valence-corrected chi connectivity index (χ3v) is 2.94. The molecule has 0 fully saturated rings. The van der Waals surface area contributed by atoms with E-state index in [2.05, 4.69) is 15.4 Å². The van der Waals surface area contributed by atoms with Gasteiger partial charge in [-0.15, -0.1) is 5.10 Å². The molecule has 0 saturated heterocycles. The lowest BCUT2D eigenvalue weighted by molar-refractivity contribution is -0.115. The summed E-state index contributed by atoms with van der Waals surface area (Å²) in [5, 5.41) is 6.95. The van der Waals surface area contributed by atoms with Crippen LogP contribution in [-0.2, 0) is 11.2 Å². The summed E-state index contributed by atoms with van der Waals surface area (Å²) in [5.41, 5.74) is 2.76. The van der Waals surface area contributed by atoms with Crippen molar-refractivity contribution in [2.45, 2.75) is 13.3 Å². The number of nitrogens with one attached hydrogen (secondary N) is 1. The van der Waals surface area contributed by atoms with Gasteiger partial charge in [0, 0.05) is 6.20 Å². The van der Waals surface area contributed by atoms with E-state index in [9.17, 15) is 4.79 Å². The zero-order chi connectivity index (χ0) is 13.9. The lowest BCUT2D eigenvalue weighted by atomic mass is 10.1. The average Bonchev–Trinajstić information content (AvgIpc) is 2.80. The maximum atomic E-state index is 11.9. The van der Waals surface area contributed by atoms with Gasteiger partial charge >= 0.3 is 0 Å². The number of rotatable bonds is 3. The summed E-state index contributed by atoms with van der Waals surface area (Å²) in [7, 11) is 0. The number of hydrogen-bond donors (Lipinski definition) is 1. The molecule has 5 nitrogen and oxygen atoms in total. The SMILES string of the molecule is Cc1ccc2nc(NC(=O)Cc3ccccc3)nn2c1. The lowest BCUT2D eigenvalue weighted by Gasteiger charge is -2.00. The third kappa shape index (κ3) is 2.66. The van der Waals surface area contributed by atoms with Crippen LogP contribution >= 0.6 is 0 Å². The van der Waals surface area contributed by atoms with Crippen LogP contribution in [-0.4, -0.2) is 20.5 Å². The number of carbonyl (C=O) groups is 1. The highest BCUT2D eigenvalue weighted by Crippen LogP contribution is 2.08. The van der Waals surface area contributed by atoms with E-state index in [1.54, 1.807) is 4.52 Å². The van der Waals surface area contributed by atoms with Crippen molar-refractivity contribution in [2.75, 3.05) is 5.32 Å². The van der Waals surface area contributed by atoms with Gasteiger partial charge < -0.3 is 0 Å². The summed E-state index contributed by atoms with van der Waals surface area (Å²) in [6, 6.07) is 13.4. The summed E-state index contributed by atoms with van der Waals surface area (Å²) in [5.74, 6) is 0.209. The highest BCUT2D eigenvalue weighted by molar-refractivity contribution is 5.90. The Morgan fingerprint density at radius 2 is 2.00 bits per heavy atom. The van der Waals surface area contributed by atoms with E-state index in [-0.39, 0.29) is 5.91 Å². The molecule has 1 aromatic carbocycles. The second-order valence-electron chi connectivity index (χ2n) is 4.66. The first kappa shape index (κ1) is 12.3. The highest BCUT2D eigenvalue weighted by atomic mass is 16.1. The fourth-order valence-electron chi connectivity index (χ4n) is 1.99. The Labute approximate surface area is 116 Å². The first-order valence-electron chi connectivity index (χ1n) is 6.37. The molecule has 1 amide bonds. The minimum absolute atomic E-state index is 0.121. The Morgan fingerprint density at radius 3 is 2.80 bits per heavy atom. The van der Waals surface area contributed by atoms with Gasteiger partial charge in [0.25, 0.3) is 0 Å². The van der Waals surface area contributed by atoms with Crippen molar-refractivity contribution in [3.05, 3.63) is 59.8 Å². The Kier molecular flexibility index (Phi) is 3.16. The van der Waals surface area contributed by atoms with Crippen molar-refractivity contribution in [1.29, 1.82) is 0 Å². The Hall–Kier alpha value is -2.69. The van der Waals surface area contributed by atoms with Crippen molar-refractivity contribution in [3.8, 4) is 0 Å². The Balaban J connectivity index is 1.74. The van der Waals surface area contributed by atoms with Crippen molar-refractivity contribution in [2.24, 2.45) is 0 Å². The monoisotopic (exact) mass is 266 g/mol. The number of nitrogens with zero attached hydrogens (tertiary/aromatic N) is 3. The van der Waals surface area contributed by atoms with Gasteiger partial charge in [0.15, 0.2) is 5.65 Å². The van der Waals surface area contributed by atoms with Crippen LogP contribution in [0, 0.1) is 6.92 Å². The van der Waals surface area contributed by atoms with Crippen molar-refractivity contribution >= 4 is 17.5 Å². The molecular formula is C15H14N4O. The molecule has 20 heavy (non-hydrogen) atoms. The summed E-state index contributed by atoms with van der Waals surface area (Å²) in [4.78, 5) is 16.2. The smallest absolute Gasteiger partial charge is 0.249 e. The van der Waals surface area contributed by atoms with E-state index in [1.165, 1.54) is 0 Å². The minimum atomic E-state index is -0.121. The van der Waals surface area contributed by atoms with Crippen LogP contribution in [0.15, 0.2) is 48.7 Å². The molecule has 100 valence electrons. The molecule has 0 unspecified atom stereocenters. The number of benzene rings is 1. The number of fused-ring (bicyclic) bond motifs is 1. The van der Waals surface area contributed by atoms with Crippen molar-refractivity contribution < 1.29 is 4.79 Å². The van der Waals surface area contributed by atoms with Gasteiger partial charge in [-0.05, 0) is 24.1 Å². The lowest BCUT2D eigenvalue weighted by Crippen LogP contribution is -2.15. The zero-order valence-corrected chi connectivity index (χ0v) is 11.1. The summed E-state index contributed by atoms with van der Waals surface area (Å²) >= 11 is 0. The minimum Gasteiger partial charge on any atom is -0.293 e. The number of amides is 1. The molecule has 2 heterocycles. The predicted octanol–water partition coefficient (Wildman–Crippen LogP) is 2.22. The van der Waals surface area contributed by atoms with Crippen molar-refractivity contribution in [1.82, 2.24) is 14.6 Å². The van der Waals surface area contributed by atoms with Gasteiger partial charge in [-0.25, -0.2) is 4.52 Å². The summed E-state index contributed by atoms with van der Waals surface area (Å²) in [6.07, 6.45) is 2.19. The quantitative estimate of drug-likeness (QED) is 0.790. The molecule has 0 radical (unpaired) electrons. The van der Waals surface area contributed by atoms with Crippen LogP contribution in [0.4, 0.5) is 5.95 Å². The van der Waals surface area contributed by atoms with Crippen LogP contribution in [0.5, 0.6) is 0 Å². The first-order chi connectivity index (χ1) is 9.70. The first-order valence-corrected chi connectivity index (χ1v) is 6.37. The molecule has 0 aliphatic rings. The second kappa shape index (κ2) is 5.13. The molecule has 0 atom stereocenters. The van der Waals surface area contributed by atoms with Gasteiger partial charge in [-0.1, -0.05) is 36.4 Å². The van der Waals surface area contributed by atoms with Crippen LogP contribution in [0.1, 0.15) is 11.1 Å². The molecule has 0 bridgehead atoms. The maximum Gasteiger partial charge on any atom is 0.249 e. The Morgan fingerprint density at radius 1 is 1.20 bits per heavy atom. The van der Waals surface area contributed by atoms with Gasteiger partial charge in [0.2, 0.25) is 11.9 Å². The number of pyridine rings is 1. The number of aromatic nitrogens is 3. The maximum absolute atomic E-state index is 11.9. The number of hydrogen-bond acceptors (Lipinski definition) is 3. The molecule has 0 aliphatic carbocycles. The van der Waals surface area contributed by atoms with Crippen LogP contribution < -0.4 is 5.32 Å². The molecule has 0 spiro atoms. The van der Waals surface area contributed by atoms with Crippen molar-refractivity contribution in [3.63, 3.8) is 0 Å². The molecule has 2 aromatic heterocycles. The summed E-state index contributed by atoms with van der Waals surface area (Å²) in [6.45, 7) is 1.98. The molecule has 3 aromatic rings. The fraction of sp³-hybridized carbons (Fsp3) is 0.133. The summed E-state index contributed by atoms with van der Waals surface area (Å²) < 4.78 is 1.66. The fourth-order valence-corrected chi connectivity index (χ4v) is 1.99. The topological polar surface area (TPSA) is 59.3 Å². The van der Waals surface area contributed by atoms with E-state index in [4.69, 9.17) is 0 Å². The van der Waals surface area contributed by atoms with E-state index in [0.29, 0.717) is 18.0 Å². The number of aryl methyl sites for hydroxylation is 1. The average molecular weight is 266 g/mol. The second-order valence-corrected chi connectivity index (χ2v) is 4.66. The molecule has 1 N–H and O–H groups in total.